The van der Waals surface area contributed by atoms with E-state index in [2.05, 4.69) is 0 Å². The van der Waals surface area contributed by atoms with Crippen LogP contribution in [-0.2, 0) is 9.53 Å². The van der Waals surface area contributed by atoms with E-state index >= 15 is 0 Å². The molecule has 0 aromatic carbocycles. The Kier molecular flexibility index (Phi) is 3.43. The molecular formula is C11H16O2. The Morgan fingerprint density at radius 1 is 1.62 bits per heavy atom. The average molecular weight is 180 g/mol. The Bertz CT molecular complexity index is 261. The zero-order chi connectivity index (χ0) is 9.84. The summed E-state index contributed by atoms with van der Waals surface area (Å²) in [6, 6.07) is 0. The summed E-state index contributed by atoms with van der Waals surface area (Å²) in [6.45, 7) is 4.01. The van der Waals surface area contributed by atoms with Crippen LogP contribution in [0.25, 0.3) is 0 Å². The van der Waals surface area contributed by atoms with Gasteiger partial charge in [-0.05, 0) is 37.8 Å². The molecule has 1 aliphatic rings. The molecule has 0 saturated heterocycles. The molecule has 72 valence electrons. The number of aldehydes is 1. The minimum absolute atomic E-state index is 0.128. The minimum Gasteiger partial charge on any atom is -0.377 e. The fraction of sp³-hybridized carbons (Fsp3) is 0.545. The summed E-state index contributed by atoms with van der Waals surface area (Å²) in [7, 11) is 1.70. The molecule has 1 unspecified atom stereocenters. The lowest BCUT2D eigenvalue weighted by atomic mass is 9.90. The summed E-state index contributed by atoms with van der Waals surface area (Å²) in [5, 5.41) is 0. The molecule has 1 rings (SSSR count). The van der Waals surface area contributed by atoms with Gasteiger partial charge in [0.1, 0.15) is 6.29 Å². The van der Waals surface area contributed by atoms with Gasteiger partial charge in [0.2, 0.25) is 0 Å². The lowest BCUT2D eigenvalue weighted by Crippen LogP contribution is -2.14. The van der Waals surface area contributed by atoms with Crippen molar-refractivity contribution in [1.29, 1.82) is 0 Å². The summed E-state index contributed by atoms with van der Waals surface area (Å²) < 4.78 is 5.25. The number of hydrogen-bond donors (Lipinski definition) is 0. The van der Waals surface area contributed by atoms with Crippen LogP contribution in [0.5, 0.6) is 0 Å². The topological polar surface area (TPSA) is 26.3 Å². The fourth-order valence-corrected chi connectivity index (χ4v) is 1.70. The number of ether oxygens (including phenoxy) is 1. The zero-order valence-corrected chi connectivity index (χ0v) is 8.46. The fourth-order valence-electron chi connectivity index (χ4n) is 1.70. The zero-order valence-electron chi connectivity index (χ0n) is 8.46. The first-order valence-corrected chi connectivity index (χ1v) is 4.58. The van der Waals surface area contributed by atoms with Crippen molar-refractivity contribution in [1.82, 2.24) is 0 Å². The van der Waals surface area contributed by atoms with Gasteiger partial charge in [-0.25, -0.2) is 0 Å². The van der Waals surface area contributed by atoms with Gasteiger partial charge in [-0.3, -0.25) is 4.79 Å². The highest BCUT2D eigenvalue weighted by Crippen LogP contribution is 2.26. The van der Waals surface area contributed by atoms with Crippen molar-refractivity contribution in [3.8, 4) is 0 Å². The van der Waals surface area contributed by atoms with Crippen molar-refractivity contribution in [2.24, 2.45) is 0 Å². The van der Waals surface area contributed by atoms with E-state index in [1.165, 1.54) is 5.57 Å². The third-order valence-electron chi connectivity index (χ3n) is 2.66. The Hall–Kier alpha value is -0.890. The smallest absolute Gasteiger partial charge is 0.149 e. The molecule has 0 heterocycles. The van der Waals surface area contributed by atoms with Gasteiger partial charge < -0.3 is 4.74 Å². The van der Waals surface area contributed by atoms with Crippen molar-refractivity contribution < 1.29 is 9.53 Å². The van der Waals surface area contributed by atoms with Gasteiger partial charge in [-0.2, -0.15) is 0 Å². The highest BCUT2D eigenvalue weighted by Gasteiger charge is 2.16. The van der Waals surface area contributed by atoms with Crippen molar-refractivity contribution in [3.05, 3.63) is 22.8 Å². The molecule has 0 radical (unpaired) electrons. The summed E-state index contributed by atoms with van der Waals surface area (Å²) in [4.78, 5) is 10.7. The highest BCUT2D eigenvalue weighted by molar-refractivity contribution is 5.80. The van der Waals surface area contributed by atoms with Crippen LogP contribution in [0.3, 0.4) is 0 Å². The van der Waals surface area contributed by atoms with Gasteiger partial charge in [0, 0.05) is 12.7 Å². The van der Waals surface area contributed by atoms with Crippen molar-refractivity contribution >= 4 is 6.29 Å². The molecule has 0 bridgehead atoms. The maximum atomic E-state index is 10.7. The second-order valence-corrected chi connectivity index (χ2v) is 3.34. The Morgan fingerprint density at radius 3 is 2.85 bits per heavy atom. The second kappa shape index (κ2) is 4.38. The number of carbonyl (C=O) groups excluding carboxylic acids is 1. The average Bonchev–Trinajstić information content (AvgIpc) is 2.17. The first-order chi connectivity index (χ1) is 6.20. The maximum Gasteiger partial charge on any atom is 0.149 e. The lowest BCUT2D eigenvalue weighted by molar-refractivity contribution is -0.104. The molecule has 1 atom stereocenters. The molecule has 1 aliphatic carbocycles. The molecule has 0 amide bonds. The van der Waals surface area contributed by atoms with E-state index in [4.69, 9.17) is 4.74 Å². The largest absolute Gasteiger partial charge is 0.377 e. The van der Waals surface area contributed by atoms with E-state index in [0.29, 0.717) is 0 Å². The van der Waals surface area contributed by atoms with E-state index < -0.39 is 0 Å². The molecule has 2 heteroatoms. The van der Waals surface area contributed by atoms with Crippen LogP contribution >= 0.6 is 0 Å². The molecule has 0 aromatic heterocycles. The SMILES string of the molecule is COC(C)C1=C(C)C(C=O)=CCC1. The minimum atomic E-state index is 0.128. The summed E-state index contributed by atoms with van der Waals surface area (Å²) in [5.74, 6) is 0. The van der Waals surface area contributed by atoms with Gasteiger partial charge in [-0.15, -0.1) is 0 Å². The predicted octanol–water partition coefficient (Wildman–Crippen LogP) is 2.26. The van der Waals surface area contributed by atoms with Gasteiger partial charge in [0.05, 0.1) is 6.10 Å². The Labute approximate surface area is 79.3 Å². The van der Waals surface area contributed by atoms with Crippen molar-refractivity contribution in [2.45, 2.75) is 32.8 Å². The van der Waals surface area contributed by atoms with E-state index in [1.54, 1.807) is 7.11 Å². The molecule has 0 aromatic rings. The monoisotopic (exact) mass is 180 g/mol. The maximum absolute atomic E-state index is 10.7. The van der Waals surface area contributed by atoms with E-state index in [0.717, 1.165) is 30.3 Å². The van der Waals surface area contributed by atoms with E-state index in [9.17, 15) is 4.79 Å². The standard InChI is InChI=1S/C11H16O2/c1-8-10(7-12)5-4-6-11(8)9(2)13-3/h5,7,9H,4,6H2,1-3H3. The Morgan fingerprint density at radius 2 is 2.31 bits per heavy atom. The van der Waals surface area contributed by atoms with Crippen LogP contribution in [0.4, 0.5) is 0 Å². The van der Waals surface area contributed by atoms with Crippen molar-refractivity contribution in [2.75, 3.05) is 7.11 Å². The van der Waals surface area contributed by atoms with E-state index in [-0.39, 0.29) is 6.10 Å². The number of allylic oxidation sites excluding steroid dienone is 3. The van der Waals surface area contributed by atoms with Crippen LogP contribution in [0.15, 0.2) is 22.8 Å². The molecule has 0 saturated carbocycles. The quantitative estimate of drug-likeness (QED) is 0.623. The van der Waals surface area contributed by atoms with Gasteiger partial charge >= 0.3 is 0 Å². The molecule has 0 aliphatic heterocycles. The number of carbonyl (C=O) groups is 1. The van der Waals surface area contributed by atoms with Gasteiger partial charge in [0.15, 0.2) is 0 Å². The van der Waals surface area contributed by atoms with Gasteiger partial charge in [0.25, 0.3) is 0 Å². The number of methoxy groups -OCH3 is 1. The van der Waals surface area contributed by atoms with Crippen molar-refractivity contribution in [3.63, 3.8) is 0 Å². The normalized spacial score (nSPS) is 19.8. The molecular weight excluding hydrogens is 164 g/mol. The summed E-state index contributed by atoms with van der Waals surface area (Å²) in [5.41, 5.74) is 3.17. The first-order valence-electron chi connectivity index (χ1n) is 4.58. The molecule has 13 heavy (non-hydrogen) atoms. The number of rotatable bonds is 3. The molecule has 0 N–H and O–H groups in total. The third kappa shape index (κ3) is 2.07. The van der Waals surface area contributed by atoms with Gasteiger partial charge in [-0.1, -0.05) is 6.08 Å². The molecule has 2 nitrogen and oxygen atoms in total. The number of hydrogen-bond acceptors (Lipinski definition) is 2. The molecule has 0 fully saturated rings. The second-order valence-electron chi connectivity index (χ2n) is 3.34. The van der Waals surface area contributed by atoms with Crippen LogP contribution in [0, 0.1) is 0 Å². The summed E-state index contributed by atoms with van der Waals surface area (Å²) >= 11 is 0. The van der Waals surface area contributed by atoms with Crippen LogP contribution in [0.1, 0.15) is 26.7 Å². The molecule has 0 spiro atoms. The van der Waals surface area contributed by atoms with E-state index in [1.807, 2.05) is 19.9 Å². The van der Waals surface area contributed by atoms with Crippen LogP contribution in [-0.4, -0.2) is 19.5 Å². The first kappa shape index (κ1) is 10.2. The summed E-state index contributed by atoms with van der Waals surface area (Å²) in [6.07, 6.45) is 5.01. The Balaban J connectivity index is 2.94. The predicted molar refractivity (Wildman–Crippen MR) is 52.6 cm³/mol. The van der Waals surface area contributed by atoms with Crippen LogP contribution < -0.4 is 0 Å². The lowest BCUT2D eigenvalue weighted by Gasteiger charge is -2.21. The third-order valence-corrected chi connectivity index (χ3v) is 2.66. The highest BCUT2D eigenvalue weighted by atomic mass is 16.5. The van der Waals surface area contributed by atoms with Crippen LogP contribution in [0.2, 0.25) is 0 Å².